The molecule has 1 unspecified atom stereocenters. The van der Waals surface area contributed by atoms with E-state index in [2.05, 4.69) is 24.3 Å². The van der Waals surface area contributed by atoms with E-state index in [0.29, 0.717) is 18.5 Å². The molecule has 1 amide bonds. The molecule has 1 N–H and O–H groups in total. The molecule has 5 heteroatoms. The molecule has 3 aromatic carbocycles. The Morgan fingerprint density at radius 3 is 2.00 bits per heavy atom. The van der Waals surface area contributed by atoms with Crippen molar-refractivity contribution in [2.45, 2.75) is 17.9 Å². The molecular weight excluding hydrogens is 378 g/mol. The number of likely N-dealkylation sites (tertiary alicyclic amines) is 1. The molecule has 5 rings (SSSR count). The first kappa shape index (κ1) is 18.4. The highest BCUT2D eigenvalue weighted by atomic mass is 16.5. The van der Waals surface area contributed by atoms with Gasteiger partial charge >= 0.3 is 12.1 Å². The van der Waals surface area contributed by atoms with Crippen LogP contribution in [0.5, 0.6) is 0 Å². The van der Waals surface area contributed by atoms with Gasteiger partial charge in [0.2, 0.25) is 0 Å². The summed E-state index contributed by atoms with van der Waals surface area (Å²) in [6.45, 7) is 0.489. The topological polar surface area (TPSA) is 66.8 Å². The molecule has 0 bridgehead atoms. The number of fused-ring (bicyclic) bond motifs is 3. The zero-order valence-corrected chi connectivity index (χ0v) is 16.3. The summed E-state index contributed by atoms with van der Waals surface area (Å²) >= 11 is 0. The molecular formula is C25H21NO4. The normalized spacial score (nSPS) is 19.5. The predicted molar refractivity (Wildman–Crippen MR) is 112 cm³/mol. The van der Waals surface area contributed by atoms with Crippen LogP contribution < -0.4 is 0 Å². The molecule has 150 valence electrons. The van der Waals surface area contributed by atoms with Crippen LogP contribution in [0.25, 0.3) is 11.1 Å². The number of amides is 1. The van der Waals surface area contributed by atoms with E-state index >= 15 is 0 Å². The van der Waals surface area contributed by atoms with Crippen LogP contribution in [0.15, 0.2) is 78.9 Å². The quantitative estimate of drug-likeness (QED) is 0.650. The molecule has 0 radical (unpaired) electrons. The van der Waals surface area contributed by atoms with E-state index in [9.17, 15) is 14.7 Å². The first-order chi connectivity index (χ1) is 14.6. The molecule has 0 saturated carbocycles. The highest BCUT2D eigenvalue weighted by molar-refractivity contribution is 5.89. The van der Waals surface area contributed by atoms with E-state index in [1.54, 1.807) is 12.1 Å². The lowest BCUT2D eigenvalue weighted by Gasteiger charge is -2.49. The van der Waals surface area contributed by atoms with E-state index in [1.807, 2.05) is 42.5 Å². The second-order valence-electron chi connectivity index (χ2n) is 7.74. The first-order valence-electron chi connectivity index (χ1n) is 10.0. The fourth-order valence-corrected chi connectivity index (χ4v) is 4.77. The van der Waals surface area contributed by atoms with Gasteiger partial charge in [0.1, 0.15) is 6.61 Å². The van der Waals surface area contributed by atoms with Crippen LogP contribution in [0.3, 0.4) is 0 Å². The van der Waals surface area contributed by atoms with Gasteiger partial charge in [0.25, 0.3) is 0 Å². The van der Waals surface area contributed by atoms with E-state index in [4.69, 9.17) is 4.74 Å². The fraction of sp³-hybridized carbons (Fsp3) is 0.200. The number of carbonyl (C=O) groups is 2. The Labute approximate surface area is 174 Å². The Balaban J connectivity index is 1.45. The molecule has 1 atom stereocenters. The Morgan fingerprint density at radius 2 is 1.47 bits per heavy atom. The average molecular weight is 399 g/mol. The van der Waals surface area contributed by atoms with Gasteiger partial charge in [0, 0.05) is 18.9 Å². The van der Waals surface area contributed by atoms with E-state index in [-0.39, 0.29) is 12.5 Å². The molecule has 1 aliphatic carbocycles. The summed E-state index contributed by atoms with van der Waals surface area (Å²) in [5.74, 6) is -0.572. The predicted octanol–water partition coefficient (Wildman–Crippen LogP) is 4.62. The minimum atomic E-state index is -1.27. The molecule has 0 spiro atoms. The van der Waals surface area contributed by atoms with Crippen LogP contribution in [0.4, 0.5) is 4.79 Å². The summed E-state index contributed by atoms with van der Waals surface area (Å²) in [6, 6.07) is 25.3. The second-order valence-corrected chi connectivity index (χ2v) is 7.74. The van der Waals surface area contributed by atoms with Crippen molar-refractivity contribution in [2.75, 3.05) is 13.2 Å². The molecule has 0 aromatic heterocycles. The van der Waals surface area contributed by atoms with Crippen molar-refractivity contribution < 1.29 is 19.4 Å². The first-order valence-corrected chi connectivity index (χ1v) is 10.0. The van der Waals surface area contributed by atoms with E-state index in [1.165, 1.54) is 4.90 Å². The maximum Gasteiger partial charge on any atom is 0.408 e. The molecule has 5 nitrogen and oxygen atoms in total. The molecule has 3 aromatic rings. The second kappa shape index (κ2) is 7.02. The number of hydrogen-bond acceptors (Lipinski definition) is 3. The Hall–Kier alpha value is -3.60. The van der Waals surface area contributed by atoms with Gasteiger partial charge in [0.05, 0.1) is 0 Å². The largest absolute Gasteiger partial charge is 0.465 e. The van der Waals surface area contributed by atoms with Gasteiger partial charge < -0.3 is 9.84 Å². The number of hydrogen-bond donors (Lipinski definition) is 1. The maximum absolute atomic E-state index is 13.3. The van der Waals surface area contributed by atoms with Gasteiger partial charge in [-0.05, 0) is 27.8 Å². The maximum atomic E-state index is 13.3. The van der Waals surface area contributed by atoms with E-state index in [0.717, 1.165) is 22.3 Å². The lowest BCUT2D eigenvalue weighted by atomic mass is 9.78. The van der Waals surface area contributed by atoms with Crippen LogP contribution in [0.1, 0.15) is 29.0 Å². The van der Waals surface area contributed by atoms with Gasteiger partial charge in [-0.1, -0.05) is 78.9 Å². The number of ether oxygens (including phenoxy) is 1. The Kier molecular flexibility index (Phi) is 4.31. The van der Waals surface area contributed by atoms with Gasteiger partial charge in [-0.15, -0.1) is 0 Å². The molecule has 2 aliphatic rings. The van der Waals surface area contributed by atoms with E-state index < -0.39 is 17.6 Å². The summed E-state index contributed by atoms with van der Waals surface area (Å²) < 4.78 is 5.84. The van der Waals surface area contributed by atoms with Crippen molar-refractivity contribution in [2.24, 2.45) is 0 Å². The number of nitrogens with zero attached hydrogens (tertiary/aromatic N) is 1. The summed E-state index contributed by atoms with van der Waals surface area (Å²) in [7, 11) is 0. The summed E-state index contributed by atoms with van der Waals surface area (Å²) in [5, 5.41) is 9.64. The fourth-order valence-electron chi connectivity index (χ4n) is 4.77. The number of esters is 1. The average Bonchev–Trinajstić information content (AvgIpc) is 3.06. The number of rotatable bonds is 4. The van der Waals surface area contributed by atoms with Crippen LogP contribution >= 0.6 is 0 Å². The van der Waals surface area contributed by atoms with Crippen LogP contribution in [0, 0.1) is 0 Å². The van der Waals surface area contributed by atoms with Crippen LogP contribution in [-0.2, 0) is 15.1 Å². The molecule has 1 fully saturated rings. The standard InChI is InChI=1S/C25H21NO4/c27-23(25(14-15-26(25)24(28)29)17-8-2-1-3-9-17)30-16-22-20-12-6-4-10-18(20)19-11-5-7-13-21(19)22/h1-13,22H,14-16H2,(H,28,29). The molecule has 1 heterocycles. The van der Waals surface area contributed by atoms with Crippen molar-refractivity contribution in [1.29, 1.82) is 0 Å². The number of carbonyl (C=O) groups excluding carboxylic acids is 1. The zero-order valence-electron chi connectivity index (χ0n) is 16.3. The third kappa shape index (κ3) is 2.62. The van der Waals surface area contributed by atoms with Crippen molar-refractivity contribution in [1.82, 2.24) is 4.90 Å². The SMILES string of the molecule is O=C(O)N1CCC1(C(=O)OCC1c2ccccc2-c2ccccc21)c1ccccc1. The molecule has 1 saturated heterocycles. The monoisotopic (exact) mass is 399 g/mol. The summed E-state index contributed by atoms with van der Waals surface area (Å²) in [5.41, 5.74) is 3.94. The third-order valence-electron chi connectivity index (χ3n) is 6.32. The number of benzene rings is 3. The summed E-state index contributed by atoms with van der Waals surface area (Å²) in [4.78, 5) is 26.3. The minimum absolute atomic E-state index is 0.0625. The zero-order chi connectivity index (χ0) is 20.7. The van der Waals surface area contributed by atoms with Crippen LogP contribution in [0.2, 0.25) is 0 Å². The third-order valence-corrected chi connectivity index (χ3v) is 6.32. The summed E-state index contributed by atoms with van der Waals surface area (Å²) in [6.07, 6.45) is -0.696. The van der Waals surface area contributed by atoms with Crippen LogP contribution in [-0.4, -0.2) is 35.2 Å². The van der Waals surface area contributed by atoms with Crippen molar-refractivity contribution in [3.05, 3.63) is 95.6 Å². The Bertz CT molecular complexity index is 1080. The lowest BCUT2D eigenvalue weighted by molar-refractivity contribution is -0.167. The van der Waals surface area contributed by atoms with Crippen molar-refractivity contribution in [3.63, 3.8) is 0 Å². The minimum Gasteiger partial charge on any atom is -0.465 e. The molecule has 1 aliphatic heterocycles. The smallest absolute Gasteiger partial charge is 0.408 e. The Morgan fingerprint density at radius 1 is 0.900 bits per heavy atom. The van der Waals surface area contributed by atoms with Gasteiger partial charge in [-0.25, -0.2) is 9.59 Å². The van der Waals surface area contributed by atoms with Crippen molar-refractivity contribution in [3.8, 4) is 11.1 Å². The number of carboxylic acid groups (broad SMARTS) is 1. The van der Waals surface area contributed by atoms with Gasteiger partial charge in [-0.2, -0.15) is 0 Å². The highest BCUT2D eigenvalue weighted by Crippen LogP contribution is 2.46. The van der Waals surface area contributed by atoms with Gasteiger partial charge in [0.15, 0.2) is 5.54 Å². The highest BCUT2D eigenvalue weighted by Gasteiger charge is 2.56. The van der Waals surface area contributed by atoms with Gasteiger partial charge in [-0.3, -0.25) is 4.90 Å². The lowest BCUT2D eigenvalue weighted by Crippen LogP contribution is -2.64. The molecule has 30 heavy (non-hydrogen) atoms. The van der Waals surface area contributed by atoms with Crippen molar-refractivity contribution >= 4 is 12.1 Å².